The maximum Gasteiger partial charge on any atom is 0.260 e. The number of carbonyl (C=O) groups excluding carboxylic acids is 1. The molecule has 0 bridgehead atoms. The molecule has 132 valence electrons. The highest BCUT2D eigenvalue weighted by atomic mass is 16.5. The van der Waals surface area contributed by atoms with Crippen molar-refractivity contribution in [1.82, 2.24) is 9.80 Å². The molecule has 2 aliphatic heterocycles. The van der Waals surface area contributed by atoms with Crippen LogP contribution in [-0.4, -0.2) is 69.3 Å². The number of carbonyl (C=O) groups is 1. The highest BCUT2D eigenvalue weighted by molar-refractivity contribution is 5.78. The molecule has 24 heavy (non-hydrogen) atoms. The number of aryl methyl sites for hydroxylation is 1. The second-order valence-corrected chi connectivity index (χ2v) is 7.33. The lowest BCUT2D eigenvalue weighted by Crippen LogP contribution is -2.39. The number of benzene rings is 1. The predicted octanol–water partition coefficient (Wildman–Crippen LogP) is 1.80. The van der Waals surface area contributed by atoms with Crippen molar-refractivity contribution in [2.45, 2.75) is 13.3 Å². The summed E-state index contributed by atoms with van der Waals surface area (Å²) in [7, 11) is 3.92. The van der Waals surface area contributed by atoms with Crippen molar-refractivity contribution in [2.75, 3.05) is 53.6 Å². The molecule has 2 heterocycles. The van der Waals surface area contributed by atoms with Crippen LogP contribution in [0, 0.1) is 18.3 Å². The van der Waals surface area contributed by atoms with Gasteiger partial charge in [-0.1, -0.05) is 18.2 Å². The van der Waals surface area contributed by atoms with Crippen LogP contribution in [0.25, 0.3) is 0 Å². The smallest absolute Gasteiger partial charge is 0.260 e. The lowest BCUT2D eigenvalue weighted by atomic mass is 9.78. The molecule has 0 saturated carbocycles. The number of hydrogen-bond acceptors (Lipinski definition) is 4. The van der Waals surface area contributed by atoms with Crippen LogP contribution in [0.1, 0.15) is 12.0 Å². The maximum absolute atomic E-state index is 12.6. The van der Waals surface area contributed by atoms with Crippen molar-refractivity contribution >= 4 is 5.91 Å². The van der Waals surface area contributed by atoms with Gasteiger partial charge in [-0.05, 0) is 32.0 Å². The third-order valence-electron chi connectivity index (χ3n) is 5.53. The minimum absolute atomic E-state index is 0.0841. The molecule has 0 radical (unpaired) electrons. The van der Waals surface area contributed by atoms with E-state index in [9.17, 15) is 4.79 Å². The van der Waals surface area contributed by atoms with E-state index in [-0.39, 0.29) is 17.9 Å². The maximum atomic E-state index is 12.6. The molecule has 3 rings (SSSR count). The van der Waals surface area contributed by atoms with Crippen molar-refractivity contribution in [1.29, 1.82) is 0 Å². The Morgan fingerprint density at radius 1 is 1.33 bits per heavy atom. The van der Waals surface area contributed by atoms with Crippen LogP contribution in [0.4, 0.5) is 0 Å². The van der Waals surface area contributed by atoms with Crippen LogP contribution in [-0.2, 0) is 9.53 Å². The van der Waals surface area contributed by atoms with Crippen molar-refractivity contribution in [3.63, 3.8) is 0 Å². The Labute approximate surface area is 144 Å². The molecule has 2 aliphatic rings. The zero-order valence-corrected chi connectivity index (χ0v) is 15.0. The summed E-state index contributed by atoms with van der Waals surface area (Å²) < 4.78 is 11.2. The van der Waals surface area contributed by atoms with Crippen LogP contribution >= 0.6 is 0 Å². The molecular formula is C19H28N2O3. The SMILES string of the molecule is COC[C@@H]1CN(C)C[C@]12CCN(C(=O)COc1ccccc1C)C2. The standard InChI is InChI=1S/C19H28N2O3/c1-15-6-4-5-7-17(15)24-12-18(22)21-9-8-19(14-21)13-20(2)10-16(19)11-23-3/h4-7,16H,8-14H2,1-3H3/t16-,19-/m0/s1. The van der Waals surface area contributed by atoms with Gasteiger partial charge in [0.05, 0.1) is 6.61 Å². The summed E-state index contributed by atoms with van der Waals surface area (Å²) in [6.07, 6.45) is 1.06. The Kier molecular flexibility index (Phi) is 5.11. The summed E-state index contributed by atoms with van der Waals surface area (Å²) in [4.78, 5) is 16.9. The largest absolute Gasteiger partial charge is 0.484 e. The van der Waals surface area contributed by atoms with E-state index < -0.39 is 0 Å². The van der Waals surface area contributed by atoms with E-state index in [0.29, 0.717) is 5.92 Å². The zero-order valence-electron chi connectivity index (χ0n) is 15.0. The van der Waals surface area contributed by atoms with Crippen LogP contribution in [0.3, 0.4) is 0 Å². The Morgan fingerprint density at radius 3 is 2.88 bits per heavy atom. The summed E-state index contributed by atoms with van der Waals surface area (Å²) in [6.45, 7) is 6.62. The Balaban J connectivity index is 1.59. The minimum Gasteiger partial charge on any atom is -0.484 e. The second-order valence-electron chi connectivity index (χ2n) is 7.33. The van der Waals surface area contributed by atoms with E-state index in [1.54, 1.807) is 7.11 Å². The number of amides is 1. The molecule has 0 N–H and O–H groups in total. The lowest BCUT2D eigenvalue weighted by molar-refractivity contribution is -0.132. The Bertz CT molecular complexity index is 592. The first-order chi connectivity index (χ1) is 11.5. The molecule has 1 amide bonds. The van der Waals surface area contributed by atoms with E-state index in [4.69, 9.17) is 9.47 Å². The number of para-hydroxylation sites is 1. The van der Waals surface area contributed by atoms with Gasteiger partial charge in [-0.3, -0.25) is 4.79 Å². The number of likely N-dealkylation sites (tertiary alicyclic amines) is 2. The van der Waals surface area contributed by atoms with E-state index in [1.165, 1.54) is 0 Å². The molecule has 1 aromatic rings. The number of methoxy groups -OCH3 is 1. The molecule has 5 nitrogen and oxygen atoms in total. The van der Waals surface area contributed by atoms with Crippen LogP contribution < -0.4 is 4.74 Å². The summed E-state index contributed by atoms with van der Waals surface area (Å²) in [5, 5.41) is 0. The average Bonchev–Trinajstić information content (AvgIpc) is 3.11. The molecule has 5 heteroatoms. The van der Waals surface area contributed by atoms with E-state index in [0.717, 1.165) is 50.5 Å². The van der Waals surface area contributed by atoms with Crippen molar-refractivity contribution < 1.29 is 14.3 Å². The third-order valence-corrected chi connectivity index (χ3v) is 5.53. The summed E-state index contributed by atoms with van der Waals surface area (Å²) in [6, 6.07) is 7.81. The van der Waals surface area contributed by atoms with Crippen LogP contribution in [0.15, 0.2) is 24.3 Å². The topological polar surface area (TPSA) is 42.0 Å². The normalized spacial score (nSPS) is 27.1. The quantitative estimate of drug-likeness (QED) is 0.825. The molecule has 0 aromatic heterocycles. The second kappa shape index (κ2) is 7.11. The van der Waals surface area contributed by atoms with Gasteiger partial charge in [0.1, 0.15) is 5.75 Å². The average molecular weight is 332 g/mol. The zero-order chi connectivity index (χ0) is 17.2. The third kappa shape index (κ3) is 3.42. The van der Waals surface area contributed by atoms with Crippen LogP contribution in [0.5, 0.6) is 5.75 Å². The fourth-order valence-corrected chi connectivity index (χ4v) is 4.25. The Morgan fingerprint density at radius 2 is 2.12 bits per heavy atom. The monoisotopic (exact) mass is 332 g/mol. The fourth-order valence-electron chi connectivity index (χ4n) is 4.25. The molecule has 2 saturated heterocycles. The van der Waals surface area contributed by atoms with Crippen molar-refractivity contribution in [3.8, 4) is 5.75 Å². The van der Waals surface area contributed by atoms with Gasteiger partial charge >= 0.3 is 0 Å². The van der Waals surface area contributed by atoms with E-state index in [1.807, 2.05) is 36.1 Å². The minimum atomic E-state index is 0.0841. The summed E-state index contributed by atoms with van der Waals surface area (Å²) in [5.74, 6) is 1.38. The van der Waals surface area contributed by atoms with Crippen LogP contribution in [0.2, 0.25) is 0 Å². The first-order valence-corrected chi connectivity index (χ1v) is 8.68. The van der Waals surface area contributed by atoms with Gasteiger partial charge in [0, 0.05) is 44.6 Å². The molecule has 2 fully saturated rings. The highest BCUT2D eigenvalue weighted by Crippen LogP contribution is 2.43. The van der Waals surface area contributed by atoms with Gasteiger partial charge in [-0.15, -0.1) is 0 Å². The number of hydrogen-bond donors (Lipinski definition) is 0. The van der Waals surface area contributed by atoms with Gasteiger partial charge in [-0.2, -0.15) is 0 Å². The van der Waals surface area contributed by atoms with E-state index >= 15 is 0 Å². The highest BCUT2D eigenvalue weighted by Gasteiger charge is 2.50. The van der Waals surface area contributed by atoms with Gasteiger partial charge in [0.25, 0.3) is 5.91 Å². The van der Waals surface area contributed by atoms with E-state index in [2.05, 4.69) is 11.9 Å². The number of nitrogens with zero attached hydrogens (tertiary/aromatic N) is 2. The molecule has 1 aromatic carbocycles. The first kappa shape index (κ1) is 17.2. The summed E-state index contributed by atoms with van der Waals surface area (Å²) >= 11 is 0. The van der Waals surface area contributed by atoms with Crippen molar-refractivity contribution in [3.05, 3.63) is 29.8 Å². The van der Waals surface area contributed by atoms with Crippen molar-refractivity contribution in [2.24, 2.45) is 11.3 Å². The molecular weight excluding hydrogens is 304 g/mol. The number of rotatable bonds is 5. The number of ether oxygens (including phenoxy) is 2. The Hall–Kier alpha value is -1.59. The van der Waals surface area contributed by atoms with Gasteiger partial charge < -0.3 is 19.3 Å². The van der Waals surface area contributed by atoms with Gasteiger partial charge in [-0.25, -0.2) is 0 Å². The molecule has 0 unspecified atom stereocenters. The predicted molar refractivity (Wildman–Crippen MR) is 93.2 cm³/mol. The summed E-state index contributed by atoms with van der Waals surface area (Å²) in [5.41, 5.74) is 1.24. The van der Waals surface area contributed by atoms with Gasteiger partial charge in [0.2, 0.25) is 0 Å². The lowest BCUT2D eigenvalue weighted by Gasteiger charge is -2.30. The molecule has 0 aliphatic carbocycles. The molecule has 2 atom stereocenters. The fraction of sp³-hybridized carbons (Fsp3) is 0.632. The first-order valence-electron chi connectivity index (χ1n) is 8.68. The molecule has 1 spiro atoms. The van der Waals surface area contributed by atoms with Gasteiger partial charge in [0.15, 0.2) is 6.61 Å².